The van der Waals surface area contributed by atoms with E-state index in [1.165, 1.54) is 0 Å². The normalized spacial score (nSPS) is 10.9. The first kappa shape index (κ1) is 18.2. The summed E-state index contributed by atoms with van der Waals surface area (Å²) in [5, 5.41) is 0.878. The number of aryl methyl sites for hydroxylation is 1. The molecule has 28 heavy (non-hydrogen) atoms. The van der Waals surface area contributed by atoms with Crippen molar-refractivity contribution in [2.45, 2.75) is 11.6 Å². The zero-order valence-corrected chi connectivity index (χ0v) is 16.4. The second-order valence-corrected chi connectivity index (χ2v) is 7.01. The van der Waals surface area contributed by atoms with Crippen LogP contribution in [0.3, 0.4) is 0 Å². The molecule has 0 unspecified atom stereocenters. The highest BCUT2D eigenvalue weighted by Gasteiger charge is 2.12. The number of aromatic nitrogens is 5. The molecule has 0 amide bonds. The van der Waals surface area contributed by atoms with Crippen LogP contribution in [-0.4, -0.2) is 44.3 Å². The number of benzene rings is 1. The van der Waals surface area contributed by atoms with Crippen LogP contribution in [0.1, 0.15) is 5.69 Å². The Kier molecular flexibility index (Phi) is 5.38. The summed E-state index contributed by atoms with van der Waals surface area (Å²) in [5.74, 6) is 2.20. The Bertz CT molecular complexity index is 1080. The van der Waals surface area contributed by atoms with Crippen LogP contribution in [0.5, 0.6) is 11.5 Å². The lowest BCUT2D eigenvalue weighted by molar-refractivity contribution is 0.355. The first-order valence-electron chi connectivity index (χ1n) is 8.72. The maximum atomic E-state index is 5.42. The van der Waals surface area contributed by atoms with Crippen molar-refractivity contribution in [1.82, 2.24) is 24.3 Å². The summed E-state index contributed by atoms with van der Waals surface area (Å²) in [7, 11) is 3.25. The fraction of sp³-hybridized carbons (Fsp3) is 0.200. The van der Waals surface area contributed by atoms with Crippen LogP contribution in [-0.2, 0) is 6.42 Å². The van der Waals surface area contributed by atoms with Crippen molar-refractivity contribution in [2.75, 3.05) is 20.0 Å². The number of ether oxygens (including phenoxy) is 2. The van der Waals surface area contributed by atoms with Gasteiger partial charge in [0.2, 0.25) is 0 Å². The molecule has 0 radical (unpaired) electrons. The quantitative estimate of drug-likeness (QED) is 0.351. The van der Waals surface area contributed by atoms with Gasteiger partial charge in [-0.05, 0) is 18.2 Å². The Hall–Kier alpha value is -3.13. The standard InChI is InChI=1S/C20H19N5O2S/c1-26-17-4-3-14(11-18(17)27-2)16-12-19-23-8-9-25(19)20(24-16)28-10-5-15-13-21-6-7-22-15/h3-4,6-9,11-13H,5,10H2,1-2H3. The second-order valence-electron chi connectivity index (χ2n) is 5.94. The van der Waals surface area contributed by atoms with Crippen molar-refractivity contribution in [3.63, 3.8) is 0 Å². The van der Waals surface area contributed by atoms with Gasteiger partial charge in [0.05, 0.1) is 25.6 Å². The van der Waals surface area contributed by atoms with Crippen LogP contribution in [0.4, 0.5) is 0 Å². The van der Waals surface area contributed by atoms with E-state index in [0.717, 1.165) is 39.9 Å². The summed E-state index contributed by atoms with van der Waals surface area (Å²) in [6, 6.07) is 7.74. The van der Waals surface area contributed by atoms with Crippen LogP contribution < -0.4 is 9.47 Å². The topological polar surface area (TPSA) is 74.4 Å². The second kappa shape index (κ2) is 8.26. The first-order valence-corrected chi connectivity index (χ1v) is 9.71. The molecule has 0 N–H and O–H groups in total. The van der Waals surface area contributed by atoms with E-state index >= 15 is 0 Å². The van der Waals surface area contributed by atoms with Crippen molar-refractivity contribution < 1.29 is 9.47 Å². The number of methoxy groups -OCH3 is 2. The van der Waals surface area contributed by atoms with Crippen molar-refractivity contribution in [2.24, 2.45) is 0 Å². The number of thioether (sulfide) groups is 1. The SMILES string of the molecule is COc1ccc(-c2cc3nccn3c(SCCc3cnccn3)n2)cc1OC. The average molecular weight is 393 g/mol. The number of rotatable bonds is 7. The summed E-state index contributed by atoms with van der Waals surface area (Å²) < 4.78 is 12.7. The molecule has 0 saturated carbocycles. The van der Waals surface area contributed by atoms with E-state index in [1.54, 1.807) is 50.8 Å². The Morgan fingerprint density at radius 2 is 1.89 bits per heavy atom. The zero-order valence-electron chi connectivity index (χ0n) is 15.6. The third kappa shape index (κ3) is 3.77. The molecule has 8 heteroatoms. The fourth-order valence-corrected chi connectivity index (χ4v) is 3.80. The van der Waals surface area contributed by atoms with Crippen molar-refractivity contribution in [1.29, 1.82) is 0 Å². The molecular weight excluding hydrogens is 374 g/mol. The fourth-order valence-electron chi connectivity index (χ4n) is 2.85. The van der Waals surface area contributed by atoms with Gasteiger partial charge in [-0.25, -0.2) is 9.97 Å². The molecule has 0 aliphatic rings. The lowest BCUT2D eigenvalue weighted by atomic mass is 10.1. The van der Waals surface area contributed by atoms with Gasteiger partial charge in [-0.15, -0.1) is 0 Å². The molecule has 1 aromatic carbocycles. The van der Waals surface area contributed by atoms with Crippen LogP contribution in [0.15, 0.2) is 60.4 Å². The van der Waals surface area contributed by atoms with E-state index in [4.69, 9.17) is 14.5 Å². The maximum absolute atomic E-state index is 5.42. The van der Waals surface area contributed by atoms with Gasteiger partial charge in [0.15, 0.2) is 16.7 Å². The molecule has 0 spiro atoms. The van der Waals surface area contributed by atoms with Gasteiger partial charge >= 0.3 is 0 Å². The van der Waals surface area contributed by atoms with Crippen LogP contribution in [0, 0.1) is 0 Å². The van der Waals surface area contributed by atoms with E-state index in [-0.39, 0.29) is 0 Å². The van der Waals surface area contributed by atoms with Crippen LogP contribution in [0.25, 0.3) is 16.9 Å². The summed E-state index contributed by atoms with van der Waals surface area (Å²) in [5.41, 5.74) is 3.59. The minimum absolute atomic E-state index is 0.668. The predicted molar refractivity (Wildman–Crippen MR) is 108 cm³/mol. The number of nitrogens with zero attached hydrogens (tertiary/aromatic N) is 5. The Balaban J connectivity index is 1.63. The molecule has 3 heterocycles. The van der Waals surface area contributed by atoms with Gasteiger partial charge < -0.3 is 9.47 Å². The molecule has 0 aliphatic heterocycles. The molecule has 0 saturated heterocycles. The smallest absolute Gasteiger partial charge is 0.174 e. The predicted octanol–water partition coefficient (Wildman–Crippen LogP) is 3.54. The van der Waals surface area contributed by atoms with E-state index in [9.17, 15) is 0 Å². The molecule has 142 valence electrons. The van der Waals surface area contributed by atoms with Gasteiger partial charge in [-0.2, -0.15) is 0 Å². The number of hydrogen-bond acceptors (Lipinski definition) is 7. The Morgan fingerprint density at radius 1 is 1.00 bits per heavy atom. The molecule has 4 aromatic rings. The summed E-state index contributed by atoms with van der Waals surface area (Å²) in [6.45, 7) is 0. The van der Waals surface area contributed by atoms with Gasteiger partial charge in [0, 0.05) is 54.8 Å². The van der Waals surface area contributed by atoms with Gasteiger partial charge in [-0.1, -0.05) is 11.8 Å². The summed E-state index contributed by atoms with van der Waals surface area (Å²) >= 11 is 1.66. The third-order valence-corrected chi connectivity index (χ3v) is 5.20. The lowest BCUT2D eigenvalue weighted by Crippen LogP contribution is -1.99. The molecule has 0 aliphatic carbocycles. The lowest BCUT2D eigenvalue weighted by Gasteiger charge is -2.11. The Labute approximate surface area is 166 Å². The summed E-state index contributed by atoms with van der Waals surface area (Å²) in [6.07, 6.45) is 9.70. The molecule has 0 bridgehead atoms. The molecular formula is C20H19N5O2S. The van der Waals surface area contributed by atoms with Crippen LogP contribution >= 0.6 is 11.8 Å². The molecule has 0 fully saturated rings. The average Bonchev–Trinajstić information content (AvgIpc) is 3.23. The van der Waals surface area contributed by atoms with Crippen molar-refractivity contribution in [3.8, 4) is 22.8 Å². The monoisotopic (exact) mass is 393 g/mol. The van der Waals surface area contributed by atoms with Gasteiger partial charge in [0.1, 0.15) is 5.65 Å². The van der Waals surface area contributed by atoms with E-state index in [0.29, 0.717) is 11.5 Å². The highest BCUT2D eigenvalue weighted by atomic mass is 32.2. The number of hydrogen-bond donors (Lipinski definition) is 0. The molecule has 7 nitrogen and oxygen atoms in total. The van der Waals surface area contributed by atoms with E-state index < -0.39 is 0 Å². The number of fused-ring (bicyclic) bond motifs is 1. The van der Waals surface area contributed by atoms with Crippen LogP contribution in [0.2, 0.25) is 0 Å². The molecule has 3 aromatic heterocycles. The molecule has 0 atom stereocenters. The van der Waals surface area contributed by atoms with Crippen molar-refractivity contribution in [3.05, 3.63) is 60.9 Å². The highest BCUT2D eigenvalue weighted by Crippen LogP contribution is 2.32. The van der Waals surface area contributed by atoms with Gasteiger partial charge in [-0.3, -0.25) is 14.4 Å². The van der Waals surface area contributed by atoms with E-state index in [2.05, 4.69) is 15.0 Å². The van der Waals surface area contributed by atoms with Crippen molar-refractivity contribution >= 4 is 17.4 Å². The third-order valence-electron chi connectivity index (χ3n) is 4.24. The zero-order chi connectivity index (χ0) is 19.3. The first-order chi connectivity index (χ1) is 13.8. The Morgan fingerprint density at radius 3 is 2.68 bits per heavy atom. The maximum Gasteiger partial charge on any atom is 0.174 e. The van der Waals surface area contributed by atoms with Gasteiger partial charge in [0.25, 0.3) is 0 Å². The largest absolute Gasteiger partial charge is 0.493 e. The minimum Gasteiger partial charge on any atom is -0.493 e. The van der Waals surface area contributed by atoms with E-state index in [1.807, 2.05) is 34.9 Å². The number of imidazole rings is 1. The summed E-state index contributed by atoms with van der Waals surface area (Å²) in [4.78, 5) is 17.7. The minimum atomic E-state index is 0.668. The molecule has 4 rings (SSSR count). The highest BCUT2D eigenvalue weighted by molar-refractivity contribution is 7.99.